The Kier molecular flexibility index (Phi) is 6.57. The molecular formula is C42H36S2Si. The lowest BCUT2D eigenvalue weighted by Gasteiger charge is -2.38. The molecule has 0 saturated heterocycles. The molecule has 0 N–H and O–H groups in total. The van der Waals surface area contributed by atoms with E-state index in [1.807, 2.05) is 29.6 Å². The van der Waals surface area contributed by atoms with E-state index in [9.17, 15) is 0 Å². The van der Waals surface area contributed by atoms with Crippen molar-refractivity contribution in [1.82, 2.24) is 0 Å². The summed E-state index contributed by atoms with van der Waals surface area (Å²) in [6.45, 7) is 16.4. The molecule has 2 aliphatic carbocycles. The molecule has 8 rings (SSSR count). The Hall–Kier alpha value is -3.86. The van der Waals surface area contributed by atoms with Crippen LogP contribution in [0, 0.1) is 42.8 Å². The number of rotatable bonds is 3. The first-order valence-electron chi connectivity index (χ1n) is 16.1. The van der Waals surface area contributed by atoms with Gasteiger partial charge >= 0.3 is 0 Å². The van der Waals surface area contributed by atoms with E-state index in [0.29, 0.717) is 16.6 Å². The van der Waals surface area contributed by atoms with Crippen molar-refractivity contribution in [3.05, 3.63) is 114 Å². The van der Waals surface area contributed by atoms with E-state index >= 15 is 0 Å². The molecule has 0 unspecified atom stereocenters. The van der Waals surface area contributed by atoms with Gasteiger partial charge in [-0.25, -0.2) is 0 Å². The van der Waals surface area contributed by atoms with Gasteiger partial charge < -0.3 is 0 Å². The lowest BCUT2D eigenvalue weighted by Crippen LogP contribution is -2.43. The van der Waals surface area contributed by atoms with Gasteiger partial charge in [0.05, 0.1) is 0 Å². The second-order valence-corrected chi connectivity index (χ2v) is 21.2. The topological polar surface area (TPSA) is 0 Å². The molecule has 0 spiro atoms. The molecule has 4 aromatic carbocycles. The van der Waals surface area contributed by atoms with E-state index in [4.69, 9.17) is 0 Å². The van der Waals surface area contributed by atoms with Crippen molar-refractivity contribution in [3.8, 4) is 23.3 Å². The smallest absolute Gasteiger partial charge is 0.134 e. The number of thiophene rings is 2. The van der Waals surface area contributed by atoms with Crippen LogP contribution in [-0.2, 0) is 0 Å². The predicted molar refractivity (Wildman–Crippen MR) is 199 cm³/mol. The predicted octanol–water partition coefficient (Wildman–Crippen LogP) is 10.1. The number of hydrogen-bond donors (Lipinski definition) is 0. The zero-order valence-corrected chi connectivity index (χ0v) is 29.6. The summed E-state index contributed by atoms with van der Waals surface area (Å²) in [5.41, 5.74) is 10.8. The molecular weight excluding hydrogens is 597 g/mol. The fraction of sp³-hybridized carbons (Fsp3) is 0.238. The van der Waals surface area contributed by atoms with Gasteiger partial charge in [0.2, 0.25) is 0 Å². The second kappa shape index (κ2) is 10.3. The minimum Gasteiger partial charge on any atom is -0.134 e. The monoisotopic (exact) mass is 632 g/mol. The second-order valence-electron chi connectivity index (χ2n) is 13.5. The molecule has 2 heterocycles. The SMILES string of the molecule is CC#CC1=c2c(sc3ccccc23)=c2cc3cc4c(cc3cc21)=c1sc2ccccc2c1=C4C#C[Si](C(C)C)(C(C)C)C(C)C. The fourth-order valence-electron chi connectivity index (χ4n) is 8.36. The van der Waals surface area contributed by atoms with Crippen LogP contribution in [0.1, 0.15) is 59.6 Å². The summed E-state index contributed by atoms with van der Waals surface area (Å²) in [6, 6.07) is 27.4. The summed E-state index contributed by atoms with van der Waals surface area (Å²) in [6.07, 6.45) is 0. The number of benzene rings is 4. The summed E-state index contributed by atoms with van der Waals surface area (Å²) >= 11 is 3.81. The molecule has 0 amide bonds. The third kappa shape index (κ3) is 3.98. The molecule has 0 fully saturated rings. The molecule has 0 aliphatic heterocycles. The average Bonchev–Trinajstić information content (AvgIpc) is 3.73. The minimum absolute atomic E-state index is 0.594. The summed E-state index contributed by atoms with van der Waals surface area (Å²) in [7, 11) is -1.92. The Morgan fingerprint density at radius 2 is 1.02 bits per heavy atom. The maximum atomic E-state index is 4.09. The van der Waals surface area contributed by atoms with Crippen LogP contribution in [0.4, 0.5) is 0 Å². The lowest BCUT2D eigenvalue weighted by molar-refractivity contribution is 0.838. The van der Waals surface area contributed by atoms with Crippen LogP contribution in [0.25, 0.3) is 42.1 Å². The summed E-state index contributed by atoms with van der Waals surface area (Å²) < 4.78 is 5.38. The molecule has 0 atom stereocenters. The average molecular weight is 633 g/mol. The summed E-state index contributed by atoms with van der Waals surface area (Å²) in [4.78, 5) is 0. The van der Waals surface area contributed by atoms with Gasteiger partial charge in [0.25, 0.3) is 0 Å². The maximum Gasteiger partial charge on any atom is 0.146 e. The van der Waals surface area contributed by atoms with E-state index in [-0.39, 0.29) is 0 Å². The van der Waals surface area contributed by atoms with Gasteiger partial charge in [0.15, 0.2) is 0 Å². The molecule has 2 aliphatic rings. The Balaban J connectivity index is 1.47. The highest BCUT2D eigenvalue weighted by atomic mass is 32.1. The molecule has 45 heavy (non-hydrogen) atoms. The maximum absolute atomic E-state index is 4.09. The fourth-order valence-corrected chi connectivity index (χ4v) is 16.1. The van der Waals surface area contributed by atoms with Crippen LogP contribution in [-0.4, -0.2) is 8.07 Å². The molecule has 0 bridgehead atoms. The van der Waals surface area contributed by atoms with Gasteiger partial charge in [-0.1, -0.05) is 89.8 Å². The highest BCUT2D eigenvalue weighted by molar-refractivity contribution is 7.17. The Bertz CT molecular complexity index is 2690. The van der Waals surface area contributed by atoms with Crippen molar-refractivity contribution in [2.45, 2.75) is 65.1 Å². The van der Waals surface area contributed by atoms with Crippen LogP contribution < -0.4 is 10.4 Å². The zero-order chi connectivity index (χ0) is 31.2. The Labute approximate surface area is 273 Å². The molecule has 0 saturated carbocycles. The molecule has 6 aromatic rings. The molecule has 3 heteroatoms. The van der Waals surface area contributed by atoms with E-state index in [1.54, 1.807) is 0 Å². The third-order valence-electron chi connectivity index (χ3n) is 10.4. The zero-order valence-electron chi connectivity index (χ0n) is 27.0. The van der Waals surface area contributed by atoms with Gasteiger partial charge in [-0.15, -0.1) is 34.1 Å². The highest BCUT2D eigenvalue weighted by Gasteiger charge is 2.41. The van der Waals surface area contributed by atoms with E-state index in [2.05, 4.69) is 138 Å². The van der Waals surface area contributed by atoms with Crippen molar-refractivity contribution in [1.29, 1.82) is 0 Å². The van der Waals surface area contributed by atoms with Crippen LogP contribution in [0.15, 0.2) is 72.8 Å². The van der Waals surface area contributed by atoms with Gasteiger partial charge in [0, 0.05) is 72.4 Å². The van der Waals surface area contributed by atoms with Crippen molar-refractivity contribution < 1.29 is 0 Å². The third-order valence-corrected chi connectivity index (χ3v) is 19.1. The Morgan fingerprint density at radius 3 is 1.47 bits per heavy atom. The molecule has 0 nitrogen and oxygen atoms in total. The Morgan fingerprint density at radius 1 is 0.578 bits per heavy atom. The van der Waals surface area contributed by atoms with Crippen molar-refractivity contribution in [3.63, 3.8) is 0 Å². The lowest BCUT2D eigenvalue weighted by atomic mass is 9.97. The first-order chi connectivity index (χ1) is 21.7. The quantitative estimate of drug-likeness (QED) is 0.135. The highest BCUT2D eigenvalue weighted by Crippen LogP contribution is 2.41. The van der Waals surface area contributed by atoms with Crippen molar-refractivity contribution in [2.24, 2.45) is 0 Å². The van der Waals surface area contributed by atoms with Crippen LogP contribution in [0.2, 0.25) is 16.6 Å². The van der Waals surface area contributed by atoms with Crippen molar-refractivity contribution >= 4 is 72.8 Å². The van der Waals surface area contributed by atoms with Crippen LogP contribution >= 0.6 is 22.7 Å². The first kappa shape index (κ1) is 28.6. The van der Waals surface area contributed by atoms with Crippen molar-refractivity contribution in [2.75, 3.05) is 0 Å². The molecule has 0 radical (unpaired) electrons. The normalized spacial score (nSPS) is 13.4. The van der Waals surface area contributed by atoms with Crippen LogP contribution in [0.3, 0.4) is 0 Å². The van der Waals surface area contributed by atoms with Gasteiger partial charge in [-0.05, 0) is 70.7 Å². The number of fused-ring (bicyclic) bond motifs is 9. The van der Waals surface area contributed by atoms with Gasteiger partial charge in [-0.2, -0.15) is 0 Å². The largest absolute Gasteiger partial charge is 0.146 e. The summed E-state index contributed by atoms with van der Waals surface area (Å²) in [5.74, 6) is 10.7. The van der Waals surface area contributed by atoms with E-state index in [1.165, 1.54) is 83.2 Å². The number of hydrogen-bond acceptors (Lipinski definition) is 2. The molecule has 220 valence electrons. The van der Waals surface area contributed by atoms with Gasteiger partial charge in [0.1, 0.15) is 8.07 Å². The van der Waals surface area contributed by atoms with E-state index < -0.39 is 8.07 Å². The van der Waals surface area contributed by atoms with Crippen LogP contribution in [0.5, 0.6) is 0 Å². The first-order valence-corrected chi connectivity index (χ1v) is 20.0. The molecule has 2 aromatic heterocycles. The van der Waals surface area contributed by atoms with E-state index in [0.717, 1.165) is 0 Å². The van der Waals surface area contributed by atoms with Gasteiger partial charge in [-0.3, -0.25) is 0 Å². The standard InChI is InChI=1S/C42H36S2Si/c1-8-13-29-33-20-27-23-36-34(21-28(27)22-35(33)41-39(29)31-14-9-11-16-37(31)43-41)30(18-19-45(24(2)3,25(4)5)26(6)7)40-32-15-10-12-17-38(32)44-42(36)40/h9-12,14-17,20-26H,1-7H3. The minimum atomic E-state index is -1.92. The summed E-state index contributed by atoms with van der Waals surface area (Å²) in [5, 5.41) is 10.5.